The number of hydrazone groups is 1. The molecule has 0 saturated heterocycles. The Balaban J connectivity index is 1.44. The normalized spacial score (nSPS) is 14.3. The first-order valence-corrected chi connectivity index (χ1v) is 12.8. The van der Waals surface area contributed by atoms with E-state index in [-0.39, 0.29) is 23.3 Å². The van der Waals surface area contributed by atoms with Crippen LogP contribution < -0.4 is 15.1 Å². The molecule has 0 bridgehead atoms. The molecule has 0 unspecified atom stereocenters. The summed E-state index contributed by atoms with van der Waals surface area (Å²) in [5, 5.41) is 8.36. The van der Waals surface area contributed by atoms with E-state index in [9.17, 15) is 26.4 Å². The van der Waals surface area contributed by atoms with Crippen LogP contribution in [0.1, 0.15) is 28.7 Å². The summed E-state index contributed by atoms with van der Waals surface area (Å²) in [4.78, 5) is 17.5. The predicted octanol–water partition coefficient (Wildman–Crippen LogP) is 3.40. The number of methoxy groups -OCH3 is 1. The van der Waals surface area contributed by atoms with Crippen LogP contribution in [0.5, 0.6) is 5.75 Å². The number of imidazole rings is 1. The van der Waals surface area contributed by atoms with Gasteiger partial charge in [0.1, 0.15) is 22.8 Å². The molecule has 1 aliphatic rings. The van der Waals surface area contributed by atoms with Gasteiger partial charge in [-0.25, -0.2) is 9.29 Å². The van der Waals surface area contributed by atoms with Crippen molar-refractivity contribution in [3.63, 3.8) is 0 Å². The molecule has 1 amide bonds. The summed E-state index contributed by atoms with van der Waals surface area (Å²) >= 11 is 6.35. The lowest BCUT2D eigenvalue weighted by Crippen LogP contribution is -2.46. The number of benzene rings is 1. The Morgan fingerprint density at radius 2 is 1.89 bits per heavy atom. The van der Waals surface area contributed by atoms with Gasteiger partial charge < -0.3 is 10.1 Å². The predicted molar refractivity (Wildman–Crippen MR) is 131 cm³/mol. The van der Waals surface area contributed by atoms with Gasteiger partial charge in [-0.3, -0.25) is 14.2 Å². The van der Waals surface area contributed by atoms with Gasteiger partial charge in [-0.2, -0.15) is 26.7 Å². The van der Waals surface area contributed by atoms with Crippen LogP contribution in [0.15, 0.2) is 41.6 Å². The highest BCUT2D eigenvalue weighted by Crippen LogP contribution is 2.30. The monoisotopic (exact) mass is 558 g/mol. The summed E-state index contributed by atoms with van der Waals surface area (Å²) in [7, 11) is -3.98. The maximum Gasteiger partial charge on any atom is 0.516 e. The molecule has 1 aromatic carbocycles. The maximum absolute atomic E-state index is 13.0. The van der Waals surface area contributed by atoms with Gasteiger partial charge in [0.25, 0.3) is 5.91 Å². The molecule has 2 aromatic heterocycles. The number of halogens is 4. The van der Waals surface area contributed by atoms with Gasteiger partial charge in [-0.15, -0.1) is 0 Å². The summed E-state index contributed by atoms with van der Waals surface area (Å²) < 4.78 is 68.2. The van der Waals surface area contributed by atoms with Crippen molar-refractivity contribution < 1.29 is 31.1 Å². The van der Waals surface area contributed by atoms with Crippen LogP contribution in [0.25, 0.3) is 5.65 Å². The van der Waals surface area contributed by atoms with Crippen LogP contribution in [0.3, 0.4) is 0 Å². The lowest BCUT2D eigenvalue weighted by atomic mass is 10.2. The number of nitrogens with one attached hydrogen (secondary N) is 1. The van der Waals surface area contributed by atoms with Gasteiger partial charge in [-0.1, -0.05) is 30.7 Å². The van der Waals surface area contributed by atoms with Crippen LogP contribution in [-0.4, -0.2) is 60.1 Å². The fourth-order valence-corrected chi connectivity index (χ4v) is 4.77. The zero-order chi connectivity index (χ0) is 27.0. The number of pyridine rings is 1. The number of anilines is 1. The smallest absolute Gasteiger partial charge is 0.495 e. The van der Waals surface area contributed by atoms with Gasteiger partial charge in [0.05, 0.1) is 31.6 Å². The van der Waals surface area contributed by atoms with E-state index in [1.165, 1.54) is 12.1 Å². The first kappa shape index (κ1) is 26.5. The minimum absolute atomic E-state index is 0.0662. The van der Waals surface area contributed by atoms with Crippen molar-refractivity contribution in [2.24, 2.45) is 5.10 Å². The lowest BCUT2D eigenvalue weighted by Gasteiger charge is -2.29. The van der Waals surface area contributed by atoms with Crippen LogP contribution in [0.4, 0.5) is 18.9 Å². The number of alkyl halides is 3. The molecule has 0 fully saturated rings. The van der Waals surface area contributed by atoms with Crippen molar-refractivity contribution in [1.29, 1.82) is 0 Å². The minimum atomic E-state index is -5.47. The van der Waals surface area contributed by atoms with Crippen molar-refractivity contribution >= 4 is 45.2 Å². The molecule has 198 valence electrons. The fourth-order valence-electron chi connectivity index (χ4n) is 3.74. The zero-order valence-corrected chi connectivity index (χ0v) is 21.2. The maximum atomic E-state index is 13.0. The van der Waals surface area contributed by atoms with Crippen LogP contribution in [0.2, 0.25) is 5.02 Å². The highest BCUT2D eigenvalue weighted by atomic mass is 35.5. The summed E-state index contributed by atoms with van der Waals surface area (Å²) in [6, 6.07) is 8.43. The summed E-state index contributed by atoms with van der Waals surface area (Å²) in [6.45, 7) is 1.60. The van der Waals surface area contributed by atoms with Crippen LogP contribution in [0, 0.1) is 0 Å². The molecular formula is C22H22ClF3N6O4S. The number of amides is 1. The molecule has 15 heteroatoms. The van der Waals surface area contributed by atoms with Gasteiger partial charge in [0.15, 0.2) is 5.65 Å². The molecule has 0 saturated carbocycles. The summed E-state index contributed by atoms with van der Waals surface area (Å²) in [6.07, 6.45) is 2.81. The first-order chi connectivity index (χ1) is 17.5. The van der Waals surface area contributed by atoms with Crippen molar-refractivity contribution in [3.8, 4) is 5.75 Å². The molecule has 37 heavy (non-hydrogen) atoms. The van der Waals surface area contributed by atoms with E-state index in [0.717, 1.165) is 5.56 Å². The molecule has 1 N–H and O–H groups in total. The third-order valence-electron chi connectivity index (χ3n) is 5.68. The second-order valence-corrected chi connectivity index (χ2v) is 10.2. The number of aryl methyl sites for hydroxylation is 1. The second-order valence-electron chi connectivity index (χ2n) is 7.92. The highest BCUT2D eigenvalue weighted by Gasteiger charge is 2.50. The largest absolute Gasteiger partial charge is 0.516 e. The number of nitrogens with zero attached hydrogens (tertiary/aromatic N) is 5. The number of carbonyl (C=O) groups is 1. The van der Waals surface area contributed by atoms with Crippen molar-refractivity contribution in [1.82, 2.24) is 19.0 Å². The average Bonchev–Trinajstić information content (AvgIpc) is 3.27. The number of ether oxygens (including phenoxy) is 1. The number of sulfonamides is 1. The third-order valence-corrected chi connectivity index (χ3v) is 7.52. The number of fused-ring (bicyclic) bond motifs is 1. The molecule has 1 aliphatic heterocycles. The molecule has 0 radical (unpaired) electrons. The van der Waals surface area contributed by atoms with E-state index in [4.69, 9.17) is 16.3 Å². The van der Waals surface area contributed by atoms with Gasteiger partial charge >= 0.3 is 15.5 Å². The first-order valence-electron chi connectivity index (χ1n) is 11.0. The molecular weight excluding hydrogens is 537 g/mol. The minimum Gasteiger partial charge on any atom is -0.495 e. The molecule has 10 nitrogen and oxygen atoms in total. The van der Waals surface area contributed by atoms with E-state index >= 15 is 0 Å². The lowest BCUT2D eigenvalue weighted by molar-refractivity contribution is -0.0471. The van der Waals surface area contributed by atoms with Crippen molar-refractivity contribution in [3.05, 3.63) is 58.5 Å². The topological polar surface area (TPSA) is 109 Å². The Kier molecular flexibility index (Phi) is 7.24. The molecule has 3 heterocycles. The van der Waals surface area contributed by atoms with Crippen molar-refractivity contribution in [2.75, 3.05) is 25.2 Å². The molecule has 0 aliphatic carbocycles. The van der Waals surface area contributed by atoms with E-state index in [1.54, 1.807) is 40.9 Å². The molecule has 3 aromatic rings. The average molecular weight is 559 g/mol. The highest BCUT2D eigenvalue weighted by molar-refractivity contribution is 7.90. The van der Waals surface area contributed by atoms with Crippen LogP contribution >= 0.6 is 11.6 Å². The number of hydrogen-bond acceptors (Lipinski definition) is 7. The Morgan fingerprint density at radius 3 is 2.46 bits per heavy atom. The molecule has 0 atom stereocenters. The third kappa shape index (κ3) is 5.03. The Hall–Kier alpha value is -3.52. The SMILES string of the molecule is CCc1nc2c(Cl)c(OC)ccn2c1C(=O)NCc1ccc(N2CCN(S(=O)(=O)C(F)(F)F)C=N2)cc1. The zero-order valence-electron chi connectivity index (χ0n) is 19.7. The standard InChI is InChI=1S/C22H22ClF3N6O4S/c1-3-16-19(31-9-8-17(36-2)18(23)20(31)29-16)21(33)27-12-14-4-6-15(7-5-14)32-11-10-30(13-28-32)37(34,35)22(24,25)26/h4-9,13H,3,10-12H2,1-2H3,(H,27,33). The molecule has 0 spiro atoms. The summed E-state index contributed by atoms with van der Waals surface area (Å²) in [5.41, 5.74) is -2.74. The second kappa shape index (κ2) is 10.1. The van der Waals surface area contributed by atoms with Gasteiger partial charge in [0, 0.05) is 12.7 Å². The van der Waals surface area contributed by atoms with E-state index < -0.39 is 22.1 Å². The van der Waals surface area contributed by atoms with Gasteiger partial charge in [0.2, 0.25) is 0 Å². The number of aromatic nitrogens is 2. The fraction of sp³-hybridized carbons (Fsp3) is 0.318. The van der Waals surface area contributed by atoms with E-state index in [0.29, 0.717) is 46.3 Å². The van der Waals surface area contributed by atoms with E-state index in [1.807, 2.05) is 6.92 Å². The van der Waals surface area contributed by atoms with Gasteiger partial charge in [-0.05, 0) is 30.2 Å². The number of hydrogen-bond donors (Lipinski definition) is 1. The number of rotatable bonds is 7. The Bertz CT molecular complexity index is 1460. The quantitative estimate of drug-likeness (QED) is 0.476. The Morgan fingerprint density at radius 1 is 1.19 bits per heavy atom. The van der Waals surface area contributed by atoms with Crippen molar-refractivity contribution in [2.45, 2.75) is 25.4 Å². The molecule has 4 rings (SSSR count). The van der Waals surface area contributed by atoms with E-state index in [2.05, 4.69) is 15.4 Å². The Labute approximate surface area is 215 Å². The van der Waals surface area contributed by atoms with Crippen LogP contribution in [-0.2, 0) is 23.0 Å². The number of carbonyl (C=O) groups excluding carboxylic acids is 1. The summed E-state index contributed by atoms with van der Waals surface area (Å²) in [5.74, 6) is 0.0999.